The fourth-order valence-corrected chi connectivity index (χ4v) is 2.94. The van der Waals surface area contributed by atoms with Crippen molar-refractivity contribution in [2.75, 3.05) is 24.4 Å². The number of benzene rings is 3. The molecule has 0 aliphatic carbocycles. The number of amides is 1. The normalized spacial score (nSPS) is 10.3. The van der Waals surface area contributed by atoms with E-state index in [1.54, 1.807) is 12.1 Å². The highest BCUT2D eigenvalue weighted by atomic mass is 16.5. The lowest BCUT2D eigenvalue weighted by Crippen LogP contribution is -2.20. The first-order valence-corrected chi connectivity index (χ1v) is 9.68. The standard InChI is InChI=1S/C24H24N2O5/c1-16-7-10-19(11-8-16)26-23(27)15-31-21-6-4-3-5-18(21)14-25-20-13-17(24(28)29)9-12-22(20)30-2/h3-13,25H,14-15H2,1-2H3,(H,26,27)(H,28,29). The number of hydrogen-bond donors (Lipinski definition) is 3. The van der Waals surface area contributed by atoms with E-state index in [0.29, 0.717) is 29.4 Å². The van der Waals surface area contributed by atoms with Crippen LogP contribution in [0.1, 0.15) is 21.5 Å². The molecule has 7 nitrogen and oxygen atoms in total. The Balaban J connectivity index is 1.64. The number of para-hydroxylation sites is 1. The van der Waals surface area contributed by atoms with Crippen molar-refractivity contribution in [3.8, 4) is 11.5 Å². The fraction of sp³-hybridized carbons (Fsp3) is 0.167. The maximum Gasteiger partial charge on any atom is 0.335 e. The highest BCUT2D eigenvalue weighted by Gasteiger charge is 2.11. The van der Waals surface area contributed by atoms with E-state index in [2.05, 4.69) is 10.6 Å². The summed E-state index contributed by atoms with van der Waals surface area (Å²) in [5.74, 6) is -0.195. The molecule has 1 amide bonds. The van der Waals surface area contributed by atoms with E-state index in [-0.39, 0.29) is 18.1 Å². The largest absolute Gasteiger partial charge is 0.495 e. The number of ether oxygens (including phenoxy) is 2. The topological polar surface area (TPSA) is 96.9 Å². The summed E-state index contributed by atoms with van der Waals surface area (Å²) >= 11 is 0. The second-order valence-electron chi connectivity index (χ2n) is 6.88. The number of methoxy groups -OCH3 is 1. The van der Waals surface area contributed by atoms with Crippen LogP contribution < -0.4 is 20.1 Å². The maximum absolute atomic E-state index is 12.2. The van der Waals surface area contributed by atoms with E-state index in [4.69, 9.17) is 9.47 Å². The molecule has 0 saturated carbocycles. The smallest absolute Gasteiger partial charge is 0.335 e. The zero-order valence-corrected chi connectivity index (χ0v) is 17.3. The van der Waals surface area contributed by atoms with Gasteiger partial charge in [-0.25, -0.2) is 4.79 Å². The Labute approximate surface area is 180 Å². The zero-order chi connectivity index (χ0) is 22.2. The molecule has 0 aliphatic rings. The average molecular weight is 420 g/mol. The lowest BCUT2D eigenvalue weighted by Gasteiger charge is -2.15. The van der Waals surface area contributed by atoms with Crippen molar-refractivity contribution < 1.29 is 24.2 Å². The van der Waals surface area contributed by atoms with Crippen molar-refractivity contribution in [3.63, 3.8) is 0 Å². The van der Waals surface area contributed by atoms with E-state index < -0.39 is 5.97 Å². The molecule has 0 bridgehead atoms. The van der Waals surface area contributed by atoms with E-state index in [9.17, 15) is 14.7 Å². The number of carbonyl (C=O) groups excluding carboxylic acids is 1. The molecular formula is C24H24N2O5. The van der Waals surface area contributed by atoms with Crippen molar-refractivity contribution in [1.82, 2.24) is 0 Å². The average Bonchev–Trinajstić information content (AvgIpc) is 2.78. The van der Waals surface area contributed by atoms with Crippen molar-refractivity contribution in [1.29, 1.82) is 0 Å². The molecule has 3 aromatic carbocycles. The maximum atomic E-state index is 12.2. The summed E-state index contributed by atoms with van der Waals surface area (Å²) in [5.41, 5.74) is 3.34. The summed E-state index contributed by atoms with van der Waals surface area (Å²) in [7, 11) is 1.52. The van der Waals surface area contributed by atoms with Gasteiger partial charge in [0.05, 0.1) is 18.4 Å². The number of carboxylic acids is 1. The number of hydrogen-bond acceptors (Lipinski definition) is 5. The SMILES string of the molecule is COc1ccc(C(=O)O)cc1NCc1ccccc1OCC(=O)Nc1ccc(C)cc1. The molecular weight excluding hydrogens is 396 g/mol. The Bertz CT molecular complexity index is 1060. The first kappa shape index (κ1) is 21.7. The van der Waals surface area contributed by atoms with E-state index >= 15 is 0 Å². The van der Waals surface area contributed by atoms with Gasteiger partial charge >= 0.3 is 5.97 Å². The van der Waals surface area contributed by atoms with Crippen LogP contribution in [0.4, 0.5) is 11.4 Å². The van der Waals surface area contributed by atoms with Gasteiger partial charge in [0.15, 0.2) is 6.61 Å². The van der Waals surface area contributed by atoms with Crippen LogP contribution in [0.25, 0.3) is 0 Å². The van der Waals surface area contributed by atoms with E-state index in [1.807, 2.05) is 49.4 Å². The zero-order valence-electron chi connectivity index (χ0n) is 17.3. The van der Waals surface area contributed by atoms with Gasteiger partial charge in [0, 0.05) is 17.8 Å². The summed E-state index contributed by atoms with van der Waals surface area (Å²) in [6, 6.07) is 19.4. The van der Waals surface area contributed by atoms with E-state index in [0.717, 1.165) is 11.1 Å². The molecule has 0 unspecified atom stereocenters. The molecule has 0 fully saturated rings. The first-order chi connectivity index (χ1) is 15.0. The molecule has 3 aromatic rings. The second-order valence-corrected chi connectivity index (χ2v) is 6.88. The predicted molar refractivity (Wildman–Crippen MR) is 119 cm³/mol. The number of nitrogens with one attached hydrogen (secondary N) is 2. The molecule has 0 aromatic heterocycles. The van der Waals surface area contributed by atoms with Gasteiger partial charge < -0.3 is 25.2 Å². The summed E-state index contributed by atoms with van der Waals surface area (Å²) in [5, 5.41) is 15.2. The Hall–Kier alpha value is -4.00. The van der Waals surface area contributed by atoms with Gasteiger partial charge in [0.1, 0.15) is 11.5 Å². The Kier molecular flexibility index (Phi) is 7.11. The molecule has 0 saturated heterocycles. The fourth-order valence-electron chi connectivity index (χ4n) is 2.94. The number of carbonyl (C=O) groups is 2. The predicted octanol–water partition coefficient (Wildman–Crippen LogP) is 4.33. The molecule has 0 spiro atoms. The quantitative estimate of drug-likeness (QED) is 0.477. The van der Waals surface area contributed by atoms with Gasteiger partial charge in [-0.1, -0.05) is 35.9 Å². The highest BCUT2D eigenvalue weighted by molar-refractivity contribution is 5.92. The summed E-state index contributed by atoms with van der Waals surface area (Å²) in [4.78, 5) is 23.5. The highest BCUT2D eigenvalue weighted by Crippen LogP contribution is 2.27. The van der Waals surface area contributed by atoms with Gasteiger partial charge in [0.25, 0.3) is 5.91 Å². The third-order valence-corrected chi connectivity index (χ3v) is 4.58. The molecule has 0 radical (unpaired) electrons. The number of carboxylic acid groups (broad SMARTS) is 1. The van der Waals surface area contributed by atoms with Gasteiger partial charge in [-0.05, 0) is 43.3 Å². The Morgan fingerprint density at radius 1 is 0.968 bits per heavy atom. The van der Waals surface area contributed by atoms with Crippen LogP contribution in [0.15, 0.2) is 66.7 Å². The third-order valence-electron chi connectivity index (χ3n) is 4.58. The summed E-state index contributed by atoms with van der Waals surface area (Å²) in [6.45, 7) is 2.20. The lowest BCUT2D eigenvalue weighted by atomic mass is 10.1. The van der Waals surface area contributed by atoms with Crippen LogP contribution in [0.2, 0.25) is 0 Å². The number of aryl methyl sites for hydroxylation is 1. The second kappa shape index (κ2) is 10.2. The molecule has 3 N–H and O–H groups in total. The molecule has 0 heterocycles. The molecule has 31 heavy (non-hydrogen) atoms. The minimum absolute atomic E-state index is 0.136. The van der Waals surface area contributed by atoms with Crippen LogP contribution in [-0.4, -0.2) is 30.7 Å². The molecule has 0 atom stereocenters. The van der Waals surface area contributed by atoms with Gasteiger partial charge in [-0.15, -0.1) is 0 Å². The molecule has 0 aliphatic heterocycles. The third kappa shape index (κ3) is 5.99. The summed E-state index contributed by atoms with van der Waals surface area (Å²) in [6.07, 6.45) is 0. The molecule has 160 valence electrons. The van der Waals surface area contributed by atoms with Crippen LogP contribution in [0.5, 0.6) is 11.5 Å². The van der Waals surface area contributed by atoms with Crippen molar-refractivity contribution in [3.05, 3.63) is 83.4 Å². The lowest BCUT2D eigenvalue weighted by molar-refractivity contribution is -0.118. The van der Waals surface area contributed by atoms with Crippen molar-refractivity contribution in [2.45, 2.75) is 13.5 Å². The molecule has 3 rings (SSSR count). The van der Waals surface area contributed by atoms with Gasteiger partial charge in [-0.3, -0.25) is 4.79 Å². The van der Waals surface area contributed by atoms with Gasteiger partial charge in [-0.2, -0.15) is 0 Å². The monoisotopic (exact) mass is 420 g/mol. The van der Waals surface area contributed by atoms with Gasteiger partial charge in [0.2, 0.25) is 0 Å². The number of aromatic carboxylic acids is 1. The van der Waals surface area contributed by atoms with Crippen LogP contribution in [-0.2, 0) is 11.3 Å². The van der Waals surface area contributed by atoms with E-state index in [1.165, 1.54) is 19.2 Å². The number of rotatable bonds is 9. The minimum atomic E-state index is -1.02. The molecule has 7 heteroatoms. The van der Waals surface area contributed by atoms with Crippen LogP contribution >= 0.6 is 0 Å². The Morgan fingerprint density at radius 3 is 2.42 bits per heavy atom. The first-order valence-electron chi connectivity index (χ1n) is 9.68. The van der Waals surface area contributed by atoms with Crippen molar-refractivity contribution >= 4 is 23.3 Å². The van der Waals surface area contributed by atoms with Crippen molar-refractivity contribution in [2.24, 2.45) is 0 Å². The van der Waals surface area contributed by atoms with Crippen LogP contribution in [0, 0.1) is 6.92 Å². The van der Waals surface area contributed by atoms with Crippen LogP contribution in [0.3, 0.4) is 0 Å². The Morgan fingerprint density at radius 2 is 1.71 bits per heavy atom. The summed E-state index contributed by atoms with van der Waals surface area (Å²) < 4.78 is 11.0. The minimum Gasteiger partial charge on any atom is -0.495 e. The number of anilines is 2.